The molecule has 17 heavy (non-hydrogen) atoms. The predicted octanol–water partition coefficient (Wildman–Crippen LogP) is 2.67. The highest BCUT2D eigenvalue weighted by atomic mass is 79.9. The van der Waals surface area contributed by atoms with Gasteiger partial charge in [0.05, 0.1) is 12.2 Å². The van der Waals surface area contributed by atoms with Crippen molar-refractivity contribution in [2.24, 2.45) is 5.92 Å². The molecule has 0 spiro atoms. The fourth-order valence-corrected chi connectivity index (χ4v) is 1.54. The van der Waals surface area contributed by atoms with E-state index in [9.17, 15) is 4.79 Å². The molecule has 0 atom stereocenters. The van der Waals surface area contributed by atoms with Crippen LogP contribution in [-0.4, -0.2) is 30.8 Å². The summed E-state index contributed by atoms with van der Waals surface area (Å²) in [7, 11) is 0. The molecule has 0 aliphatic rings. The van der Waals surface area contributed by atoms with Crippen LogP contribution in [0.5, 0.6) is 0 Å². The summed E-state index contributed by atoms with van der Waals surface area (Å²) in [5.74, 6) is 0.0938. The number of pyridine rings is 1. The zero-order valence-corrected chi connectivity index (χ0v) is 11.6. The Morgan fingerprint density at radius 3 is 2.88 bits per heavy atom. The van der Waals surface area contributed by atoms with Gasteiger partial charge in [-0.1, -0.05) is 13.8 Å². The molecule has 0 saturated carbocycles. The van der Waals surface area contributed by atoms with E-state index in [0.717, 1.165) is 0 Å². The van der Waals surface area contributed by atoms with Crippen LogP contribution >= 0.6 is 15.9 Å². The Morgan fingerprint density at radius 2 is 2.24 bits per heavy atom. The summed E-state index contributed by atoms with van der Waals surface area (Å²) in [6, 6.07) is 3.35. The van der Waals surface area contributed by atoms with Crippen molar-refractivity contribution >= 4 is 21.9 Å². The first kappa shape index (κ1) is 14.1. The maximum atomic E-state index is 11.6. The van der Waals surface area contributed by atoms with Crippen LogP contribution in [0.3, 0.4) is 0 Å². The fourth-order valence-electron chi connectivity index (χ4n) is 1.13. The number of ether oxygens (including phenoxy) is 2. The van der Waals surface area contributed by atoms with Gasteiger partial charge in [-0.05, 0) is 34.0 Å². The van der Waals surface area contributed by atoms with Crippen molar-refractivity contribution in [3.63, 3.8) is 0 Å². The SMILES string of the molecule is CC(C)COCCOC(=O)c1cccnc1Br. The maximum Gasteiger partial charge on any atom is 0.340 e. The molecule has 0 unspecified atom stereocenters. The lowest BCUT2D eigenvalue weighted by atomic mass is 10.2. The standard InChI is InChI=1S/C12H16BrNO3/c1-9(2)8-16-6-7-17-12(15)10-4-3-5-14-11(10)13/h3-5,9H,6-8H2,1-2H3. The number of hydrogen-bond donors (Lipinski definition) is 0. The van der Waals surface area contributed by atoms with E-state index in [-0.39, 0.29) is 6.61 Å². The highest BCUT2D eigenvalue weighted by Crippen LogP contribution is 2.13. The summed E-state index contributed by atoms with van der Waals surface area (Å²) in [5.41, 5.74) is 0.427. The fraction of sp³-hybridized carbons (Fsp3) is 0.500. The monoisotopic (exact) mass is 301 g/mol. The summed E-state index contributed by atoms with van der Waals surface area (Å²) in [6.07, 6.45) is 1.60. The van der Waals surface area contributed by atoms with Gasteiger partial charge >= 0.3 is 5.97 Å². The Morgan fingerprint density at radius 1 is 1.47 bits per heavy atom. The average Bonchev–Trinajstić information content (AvgIpc) is 2.28. The average molecular weight is 302 g/mol. The van der Waals surface area contributed by atoms with Crippen LogP contribution in [-0.2, 0) is 9.47 Å². The van der Waals surface area contributed by atoms with E-state index in [0.29, 0.717) is 29.3 Å². The molecule has 0 aliphatic carbocycles. The number of hydrogen-bond acceptors (Lipinski definition) is 4. The Balaban J connectivity index is 2.29. The first-order chi connectivity index (χ1) is 8.11. The largest absolute Gasteiger partial charge is 0.460 e. The highest BCUT2D eigenvalue weighted by molar-refractivity contribution is 9.10. The van der Waals surface area contributed by atoms with E-state index in [1.54, 1.807) is 18.3 Å². The van der Waals surface area contributed by atoms with Gasteiger partial charge in [0.1, 0.15) is 11.2 Å². The molecule has 1 heterocycles. The van der Waals surface area contributed by atoms with Crippen molar-refractivity contribution in [3.05, 3.63) is 28.5 Å². The summed E-state index contributed by atoms with van der Waals surface area (Å²) < 4.78 is 10.9. The third-order valence-corrected chi connectivity index (χ3v) is 2.52. The summed E-state index contributed by atoms with van der Waals surface area (Å²) in [5, 5.41) is 0. The summed E-state index contributed by atoms with van der Waals surface area (Å²) in [6.45, 7) is 5.49. The molecule has 0 fully saturated rings. The van der Waals surface area contributed by atoms with Crippen LogP contribution in [0.15, 0.2) is 22.9 Å². The van der Waals surface area contributed by atoms with Gasteiger partial charge in [-0.3, -0.25) is 0 Å². The second kappa shape index (κ2) is 7.40. The minimum absolute atomic E-state index is 0.257. The normalized spacial score (nSPS) is 10.6. The minimum Gasteiger partial charge on any atom is -0.460 e. The molecule has 94 valence electrons. The van der Waals surface area contributed by atoms with E-state index in [1.165, 1.54) is 0 Å². The van der Waals surface area contributed by atoms with E-state index in [2.05, 4.69) is 34.8 Å². The number of aromatic nitrogens is 1. The summed E-state index contributed by atoms with van der Waals surface area (Å²) >= 11 is 3.20. The van der Waals surface area contributed by atoms with Gasteiger partial charge in [-0.2, -0.15) is 0 Å². The number of esters is 1. The van der Waals surface area contributed by atoms with Crippen LogP contribution in [0.25, 0.3) is 0 Å². The molecule has 4 nitrogen and oxygen atoms in total. The molecule has 0 aliphatic heterocycles. The van der Waals surface area contributed by atoms with E-state index in [1.807, 2.05) is 0 Å². The van der Waals surface area contributed by atoms with Gasteiger partial charge in [0, 0.05) is 12.8 Å². The van der Waals surface area contributed by atoms with E-state index >= 15 is 0 Å². The topological polar surface area (TPSA) is 48.4 Å². The van der Waals surface area contributed by atoms with Crippen molar-refractivity contribution in [1.82, 2.24) is 4.98 Å². The molecule has 0 amide bonds. The van der Waals surface area contributed by atoms with Crippen molar-refractivity contribution in [1.29, 1.82) is 0 Å². The summed E-state index contributed by atoms with van der Waals surface area (Å²) in [4.78, 5) is 15.6. The van der Waals surface area contributed by atoms with Gasteiger partial charge in [0.25, 0.3) is 0 Å². The quantitative estimate of drug-likeness (QED) is 0.460. The van der Waals surface area contributed by atoms with Crippen molar-refractivity contribution in [2.45, 2.75) is 13.8 Å². The number of carbonyl (C=O) groups is 1. The molecular formula is C12H16BrNO3. The van der Waals surface area contributed by atoms with Crippen molar-refractivity contribution < 1.29 is 14.3 Å². The Bertz CT molecular complexity index is 369. The molecule has 1 rings (SSSR count). The number of rotatable bonds is 6. The molecule has 0 saturated heterocycles. The molecular weight excluding hydrogens is 286 g/mol. The molecule has 1 aromatic rings. The maximum absolute atomic E-state index is 11.6. The second-order valence-electron chi connectivity index (χ2n) is 3.95. The molecule has 5 heteroatoms. The van der Waals surface area contributed by atoms with E-state index < -0.39 is 5.97 Å². The van der Waals surface area contributed by atoms with Crippen LogP contribution in [0, 0.1) is 5.92 Å². The first-order valence-electron chi connectivity index (χ1n) is 5.46. The molecule has 1 aromatic heterocycles. The second-order valence-corrected chi connectivity index (χ2v) is 4.70. The number of carbonyl (C=O) groups excluding carboxylic acids is 1. The lowest BCUT2D eigenvalue weighted by molar-refractivity contribution is 0.0276. The van der Waals surface area contributed by atoms with E-state index in [4.69, 9.17) is 9.47 Å². The van der Waals surface area contributed by atoms with Crippen LogP contribution in [0.1, 0.15) is 24.2 Å². The van der Waals surface area contributed by atoms with Gasteiger partial charge in [-0.15, -0.1) is 0 Å². The third kappa shape index (κ3) is 5.28. The lowest BCUT2D eigenvalue weighted by Crippen LogP contribution is -2.13. The Labute approximate surface area is 109 Å². The molecule has 0 radical (unpaired) electrons. The molecule has 0 bridgehead atoms. The smallest absolute Gasteiger partial charge is 0.340 e. The molecule has 0 aromatic carbocycles. The zero-order chi connectivity index (χ0) is 12.7. The van der Waals surface area contributed by atoms with Crippen LogP contribution < -0.4 is 0 Å². The Kier molecular flexibility index (Phi) is 6.15. The van der Waals surface area contributed by atoms with Crippen molar-refractivity contribution in [2.75, 3.05) is 19.8 Å². The van der Waals surface area contributed by atoms with Crippen LogP contribution in [0.4, 0.5) is 0 Å². The van der Waals surface area contributed by atoms with Crippen molar-refractivity contribution in [3.8, 4) is 0 Å². The van der Waals surface area contributed by atoms with Gasteiger partial charge in [-0.25, -0.2) is 9.78 Å². The van der Waals surface area contributed by atoms with Gasteiger partial charge < -0.3 is 9.47 Å². The minimum atomic E-state index is -0.391. The van der Waals surface area contributed by atoms with Gasteiger partial charge in [0.15, 0.2) is 0 Å². The highest BCUT2D eigenvalue weighted by Gasteiger charge is 2.11. The lowest BCUT2D eigenvalue weighted by Gasteiger charge is -2.08. The van der Waals surface area contributed by atoms with Gasteiger partial charge in [0.2, 0.25) is 0 Å². The third-order valence-electron chi connectivity index (χ3n) is 1.89. The molecule has 0 N–H and O–H groups in total. The zero-order valence-electron chi connectivity index (χ0n) is 9.98. The number of halogens is 1. The first-order valence-corrected chi connectivity index (χ1v) is 6.26. The number of nitrogens with zero attached hydrogens (tertiary/aromatic N) is 1. The van der Waals surface area contributed by atoms with Crippen LogP contribution in [0.2, 0.25) is 0 Å². The Hall–Kier alpha value is -0.940. The predicted molar refractivity (Wildman–Crippen MR) is 67.9 cm³/mol.